The Kier molecular flexibility index (Phi) is 7.42. The molecule has 1 heterocycles. The van der Waals surface area contributed by atoms with E-state index in [4.69, 9.17) is 32.7 Å². The number of ether oxygens (including phenoxy) is 2. The van der Waals surface area contributed by atoms with Crippen molar-refractivity contribution in [3.05, 3.63) is 81.6 Å². The molecule has 5 nitrogen and oxygen atoms in total. The highest BCUT2D eigenvalue weighted by molar-refractivity contribution is 6.42. The van der Waals surface area contributed by atoms with Crippen molar-refractivity contribution in [1.82, 2.24) is 4.57 Å². The summed E-state index contributed by atoms with van der Waals surface area (Å²) in [6.45, 7) is 5.18. The highest BCUT2D eigenvalue weighted by atomic mass is 35.5. The summed E-state index contributed by atoms with van der Waals surface area (Å²) in [6, 6.07) is 16.1. The maximum Gasteiger partial charge on any atom is 0.347 e. The predicted molar refractivity (Wildman–Crippen MR) is 122 cm³/mol. The monoisotopic (exact) mass is 459 g/mol. The van der Waals surface area contributed by atoms with Crippen LogP contribution in [0.1, 0.15) is 35.1 Å². The Balaban J connectivity index is 1.70. The largest absolute Gasteiger partial charge is 0.479 e. The number of esters is 1. The second kappa shape index (κ2) is 10.0. The van der Waals surface area contributed by atoms with Gasteiger partial charge in [0.05, 0.1) is 10.0 Å². The molecule has 0 fully saturated rings. The molecule has 2 aromatic carbocycles. The predicted octanol–water partition coefficient (Wildman–Crippen LogP) is 5.98. The number of nitrogens with zero attached hydrogens (tertiary/aromatic N) is 1. The van der Waals surface area contributed by atoms with Gasteiger partial charge < -0.3 is 14.0 Å². The van der Waals surface area contributed by atoms with Crippen molar-refractivity contribution >= 4 is 35.0 Å². The van der Waals surface area contributed by atoms with E-state index in [1.165, 1.54) is 0 Å². The summed E-state index contributed by atoms with van der Waals surface area (Å²) in [5, 5.41) is 0.886. The second-order valence-corrected chi connectivity index (χ2v) is 7.89. The molecule has 0 N–H and O–H groups in total. The number of benzene rings is 2. The second-order valence-electron chi connectivity index (χ2n) is 7.08. The number of carbonyl (C=O) groups is 2. The maximum absolute atomic E-state index is 12.8. The lowest BCUT2D eigenvalue weighted by Crippen LogP contribution is -2.30. The standard InChI is InChI=1S/C24H23Cl2NO4/c1-4-23(31-18-8-6-5-7-9-18)24(29)30-14-22(28)19-12-15(2)27(16(19)3)17-10-11-20(25)21(26)13-17/h5-13,23H,4,14H2,1-3H3/t23-/m1/s1. The van der Waals surface area contributed by atoms with E-state index in [9.17, 15) is 9.59 Å². The topological polar surface area (TPSA) is 57.5 Å². The first-order chi connectivity index (χ1) is 14.8. The van der Waals surface area contributed by atoms with Gasteiger partial charge >= 0.3 is 5.97 Å². The molecular weight excluding hydrogens is 437 g/mol. The lowest BCUT2D eigenvalue weighted by atomic mass is 10.1. The first kappa shape index (κ1) is 22.9. The normalized spacial score (nSPS) is 11.8. The Labute approximate surface area is 191 Å². The fourth-order valence-electron chi connectivity index (χ4n) is 3.34. The van der Waals surface area contributed by atoms with Crippen LogP contribution in [0.4, 0.5) is 0 Å². The van der Waals surface area contributed by atoms with Crippen molar-refractivity contribution in [1.29, 1.82) is 0 Å². The zero-order valence-electron chi connectivity index (χ0n) is 17.5. The molecule has 7 heteroatoms. The van der Waals surface area contributed by atoms with Crippen LogP contribution < -0.4 is 4.74 Å². The zero-order chi connectivity index (χ0) is 22.5. The van der Waals surface area contributed by atoms with E-state index in [1.54, 1.807) is 30.3 Å². The van der Waals surface area contributed by atoms with Gasteiger partial charge in [-0.05, 0) is 56.7 Å². The SMILES string of the molecule is CC[C@@H](Oc1ccccc1)C(=O)OCC(=O)c1cc(C)n(-c2ccc(Cl)c(Cl)c2)c1C. The van der Waals surface area contributed by atoms with E-state index in [2.05, 4.69) is 0 Å². The smallest absolute Gasteiger partial charge is 0.347 e. The van der Waals surface area contributed by atoms with Gasteiger partial charge in [-0.25, -0.2) is 4.79 Å². The number of para-hydroxylation sites is 1. The van der Waals surface area contributed by atoms with Crippen LogP contribution in [0, 0.1) is 13.8 Å². The minimum absolute atomic E-state index is 0.290. The van der Waals surface area contributed by atoms with E-state index >= 15 is 0 Å². The van der Waals surface area contributed by atoms with E-state index < -0.39 is 12.1 Å². The van der Waals surface area contributed by atoms with Crippen LogP contribution in [0.3, 0.4) is 0 Å². The van der Waals surface area contributed by atoms with Gasteiger partial charge in [0.15, 0.2) is 12.7 Å². The third-order valence-electron chi connectivity index (χ3n) is 4.89. The number of halogens is 2. The minimum atomic E-state index is -0.779. The molecule has 0 aliphatic carbocycles. The Morgan fingerprint density at radius 3 is 2.35 bits per heavy atom. The van der Waals surface area contributed by atoms with Crippen LogP contribution in [0.15, 0.2) is 54.6 Å². The molecule has 0 amide bonds. The van der Waals surface area contributed by atoms with Crippen molar-refractivity contribution < 1.29 is 19.1 Å². The molecule has 0 saturated heterocycles. The Bertz CT molecular complexity index is 1090. The van der Waals surface area contributed by atoms with Crippen molar-refractivity contribution in [3.8, 4) is 11.4 Å². The first-order valence-corrected chi connectivity index (χ1v) is 10.6. The van der Waals surface area contributed by atoms with Gasteiger partial charge in [0.2, 0.25) is 5.78 Å². The fourth-order valence-corrected chi connectivity index (χ4v) is 3.63. The van der Waals surface area contributed by atoms with Crippen LogP contribution >= 0.6 is 23.2 Å². The first-order valence-electron chi connectivity index (χ1n) is 9.87. The number of hydrogen-bond acceptors (Lipinski definition) is 4. The molecule has 0 aliphatic rings. The van der Waals surface area contributed by atoms with Crippen LogP contribution in [0.5, 0.6) is 5.75 Å². The number of carbonyl (C=O) groups excluding carboxylic acids is 2. The Hall–Kier alpha value is -2.76. The molecule has 0 bridgehead atoms. The Morgan fingerprint density at radius 2 is 1.71 bits per heavy atom. The van der Waals surface area contributed by atoms with Gasteiger partial charge in [0.25, 0.3) is 0 Å². The highest BCUT2D eigenvalue weighted by Crippen LogP contribution is 2.28. The molecule has 1 aromatic heterocycles. The summed E-state index contributed by atoms with van der Waals surface area (Å²) in [5.41, 5.74) is 2.85. The summed E-state index contributed by atoms with van der Waals surface area (Å²) < 4.78 is 12.9. The third-order valence-corrected chi connectivity index (χ3v) is 5.63. The van der Waals surface area contributed by atoms with Crippen molar-refractivity contribution in [2.24, 2.45) is 0 Å². The van der Waals surface area contributed by atoms with Crippen LogP contribution in [-0.4, -0.2) is 29.0 Å². The molecule has 0 radical (unpaired) electrons. The van der Waals surface area contributed by atoms with Crippen LogP contribution in [0.25, 0.3) is 5.69 Å². The average Bonchev–Trinajstić information content (AvgIpc) is 3.06. The molecule has 3 aromatic rings. The molecule has 1 atom stereocenters. The number of rotatable bonds is 8. The lowest BCUT2D eigenvalue weighted by Gasteiger charge is -2.16. The van der Waals surface area contributed by atoms with Gasteiger partial charge in [-0.3, -0.25) is 4.79 Å². The van der Waals surface area contributed by atoms with Gasteiger partial charge in [-0.15, -0.1) is 0 Å². The van der Waals surface area contributed by atoms with E-state index in [-0.39, 0.29) is 12.4 Å². The molecule has 3 rings (SSSR count). The third kappa shape index (κ3) is 5.30. The zero-order valence-corrected chi connectivity index (χ0v) is 19.0. The fraction of sp³-hybridized carbons (Fsp3) is 0.250. The van der Waals surface area contributed by atoms with Gasteiger partial charge in [-0.2, -0.15) is 0 Å². The van der Waals surface area contributed by atoms with Crippen molar-refractivity contribution in [2.75, 3.05) is 6.61 Å². The van der Waals surface area contributed by atoms with E-state index in [0.29, 0.717) is 27.8 Å². The summed E-state index contributed by atoms with van der Waals surface area (Å²) >= 11 is 12.2. The maximum atomic E-state index is 12.8. The number of ketones is 1. The summed E-state index contributed by atoms with van der Waals surface area (Å²) in [5.74, 6) is -0.289. The van der Waals surface area contributed by atoms with E-state index in [1.807, 2.05) is 49.6 Å². The minimum Gasteiger partial charge on any atom is -0.479 e. The number of hydrogen-bond donors (Lipinski definition) is 0. The quantitative estimate of drug-likeness (QED) is 0.306. The van der Waals surface area contributed by atoms with Gasteiger partial charge in [0.1, 0.15) is 5.75 Å². The number of aryl methyl sites for hydroxylation is 1. The number of Topliss-reactive ketones (excluding diaryl/α,β-unsaturated/α-hetero) is 1. The molecule has 0 spiro atoms. The van der Waals surface area contributed by atoms with Crippen LogP contribution in [0.2, 0.25) is 10.0 Å². The molecule has 162 valence electrons. The molecular formula is C24H23Cl2NO4. The summed E-state index contributed by atoms with van der Waals surface area (Å²) in [6.07, 6.45) is -0.354. The van der Waals surface area contributed by atoms with Gasteiger partial charge in [-0.1, -0.05) is 48.3 Å². The molecule has 0 saturated carbocycles. The summed E-state index contributed by atoms with van der Waals surface area (Å²) in [4.78, 5) is 25.2. The Morgan fingerprint density at radius 1 is 1.00 bits per heavy atom. The average molecular weight is 460 g/mol. The van der Waals surface area contributed by atoms with E-state index in [0.717, 1.165) is 17.1 Å². The molecule has 31 heavy (non-hydrogen) atoms. The van der Waals surface area contributed by atoms with Gasteiger partial charge in [0, 0.05) is 22.6 Å². The summed E-state index contributed by atoms with van der Waals surface area (Å²) in [7, 11) is 0. The van der Waals surface area contributed by atoms with Crippen molar-refractivity contribution in [2.45, 2.75) is 33.3 Å². The van der Waals surface area contributed by atoms with Crippen LogP contribution in [-0.2, 0) is 9.53 Å². The highest BCUT2D eigenvalue weighted by Gasteiger charge is 2.23. The number of aromatic nitrogens is 1. The lowest BCUT2D eigenvalue weighted by molar-refractivity contribution is -0.150. The van der Waals surface area contributed by atoms with Crippen molar-refractivity contribution in [3.63, 3.8) is 0 Å². The molecule has 0 unspecified atom stereocenters. The molecule has 0 aliphatic heterocycles.